The number of nitrogens with two attached hydrogens (primary N) is 1. The maximum Gasteiger partial charge on any atom is 0.573 e. The van der Waals surface area contributed by atoms with Gasteiger partial charge >= 0.3 is 6.36 Å². The topological polar surface area (TPSA) is 47.3 Å². The van der Waals surface area contributed by atoms with Crippen LogP contribution in [0.3, 0.4) is 0 Å². The molecule has 2 rings (SSSR count). The highest BCUT2D eigenvalue weighted by Crippen LogP contribution is 2.27. The summed E-state index contributed by atoms with van der Waals surface area (Å²) in [4.78, 5) is 0. The van der Waals surface area contributed by atoms with E-state index >= 15 is 0 Å². The zero-order valence-electron chi connectivity index (χ0n) is 10.7. The quantitative estimate of drug-likeness (QED) is 0.829. The van der Waals surface area contributed by atoms with Gasteiger partial charge in [-0.05, 0) is 48.9 Å². The van der Waals surface area contributed by atoms with E-state index in [1.54, 1.807) is 12.1 Å². The van der Waals surface area contributed by atoms with Gasteiger partial charge in [0.1, 0.15) is 5.75 Å². The van der Waals surface area contributed by atoms with Gasteiger partial charge in [0.2, 0.25) is 0 Å². The summed E-state index contributed by atoms with van der Waals surface area (Å²) in [6.45, 7) is 1.91. The van der Waals surface area contributed by atoms with Gasteiger partial charge in [0.05, 0.1) is 0 Å². The zero-order valence-corrected chi connectivity index (χ0v) is 10.7. The van der Waals surface area contributed by atoms with Gasteiger partial charge in [0, 0.05) is 17.1 Å². The molecular weight excluding hydrogens is 269 g/mol. The molecule has 0 amide bonds. The number of halogens is 3. The van der Waals surface area contributed by atoms with Gasteiger partial charge in [0.15, 0.2) is 0 Å². The number of benzene rings is 2. The SMILES string of the molecule is Cc1ccc(N)cc1Nc1ccc(OC(F)(F)F)cc1. The van der Waals surface area contributed by atoms with Crippen LogP contribution in [-0.4, -0.2) is 6.36 Å². The molecule has 0 aromatic heterocycles. The van der Waals surface area contributed by atoms with Crippen LogP contribution in [0.25, 0.3) is 0 Å². The molecule has 0 atom stereocenters. The molecule has 0 aliphatic rings. The highest BCUT2D eigenvalue weighted by atomic mass is 19.4. The minimum absolute atomic E-state index is 0.257. The van der Waals surface area contributed by atoms with Crippen LogP contribution in [0.2, 0.25) is 0 Å². The van der Waals surface area contributed by atoms with Crippen LogP contribution >= 0.6 is 0 Å². The van der Waals surface area contributed by atoms with Crippen LogP contribution in [0.4, 0.5) is 30.2 Å². The largest absolute Gasteiger partial charge is 0.573 e. The Morgan fingerprint density at radius 1 is 1.05 bits per heavy atom. The molecule has 2 aromatic rings. The molecule has 0 aliphatic carbocycles. The fourth-order valence-electron chi connectivity index (χ4n) is 1.67. The van der Waals surface area contributed by atoms with Crippen molar-refractivity contribution in [2.45, 2.75) is 13.3 Å². The third-order valence-corrected chi connectivity index (χ3v) is 2.63. The maximum atomic E-state index is 12.0. The summed E-state index contributed by atoms with van der Waals surface area (Å²) in [6, 6.07) is 10.9. The van der Waals surface area contributed by atoms with Crippen molar-refractivity contribution in [2.24, 2.45) is 0 Å². The van der Waals surface area contributed by atoms with Gasteiger partial charge in [0.25, 0.3) is 0 Å². The predicted molar refractivity (Wildman–Crippen MR) is 72.0 cm³/mol. The molecule has 0 fully saturated rings. The van der Waals surface area contributed by atoms with Crippen molar-refractivity contribution >= 4 is 17.1 Å². The maximum absolute atomic E-state index is 12.0. The number of hydrogen-bond donors (Lipinski definition) is 2. The van der Waals surface area contributed by atoms with E-state index < -0.39 is 6.36 Å². The van der Waals surface area contributed by atoms with Gasteiger partial charge in [-0.1, -0.05) is 6.07 Å². The molecule has 2 aromatic carbocycles. The van der Waals surface area contributed by atoms with Crippen molar-refractivity contribution in [3.05, 3.63) is 48.0 Å². The Morgan fingerprint density at radius 3 is 2.30 bits per heavy atom. The second-order valence-corrected chi connectivity index (χ2v) is 4.27. The average Bonchev–Trinajstić information content (AvgIpc) is 2.34. The van der Waals surface area contributed by atoms with Crippen LogP contribution < -0.4 is 15.8 Å². The zero-order chi connectivity index (χ0) is 14.8. The Hall–Kier alpha value is -2.37. The second kappa shape index (κ2) is 5.32. The third kappa shape index (κ3) is 3.81. The lowest BCUT2D eigenvalue weighted by atomic mass is 10.1. The molecule has 0 saturated heterocycles. The summed E-state index contributed by atoms with van der Waals surface area (Å²) in [5.74, 6) is -0.257. The van der Waals surface area contributed by atoms with Crippen molar-refractivity contribution in [1.82, 2.24) is 0 Å². The lowest BCUT2D eigenvalue weighted by Crippen LogP contribution is -2.16. The summed E-state index contributed by atoms with van der Waals surface area (Å²) < 4.78 is 39.9. The predicted octanol–water partition coefficient (Wildman–Crippen LogP) is 4.22. The first-order valence-electron chi connectivity index (χ1n) is 5.82. The molecular formula is C14H13F3N2O. The molecule has 0 unspecified atom stereocenters. The average molecular weight is 282 g/mol. The van der Waals surface area contributed by atoms with E-state index in [0.29, 0.717) is 11.4 Å². The summed E-state index contributed by atoms with van der Waals surface area (Å²) in [5.41, 5.74) is 8.72. The van der Waals surface area contributed by atoms with Crippen LogP contribution in [-0.2, 0) is 0 Å². The Kier molecular flexibility index (Phi) is 3.74. The summed E-state index contributed by atoms with van der Waals surface area (Å²) in [5, 5.41) is 3.09. The van der Waals surface area contributed by atoms with Gasteiger partial charge < -0.3 is 15.8 Å². The van der Waals surface area contributed by atoms with E-state index in [4.69, 9.17) is 5.73 Å². The Labute approximate surface area is 114 Å². The molecule has 0 aliphatic heterocycles. The standard InChI is InChI=1S/C14H13F3N2O/c1-9-2-3-10(18)8-13(9)19-11-4-6-12(7-5-11)20-14(15,16)17/h2-8,19H,18H2,1H3. The number of nitrogen functional groups attached to an aromatic ring is 1. The van der Waals surface area contributed by atoms with Crippen molar-refractivity contribution in [1.29, 1.82) is 0 Å². The fourth-order valence-corrected chi connectivity index (χ4v) is 1.67. The van der Waals surface area contributed by atoms with Gasteiger partial charge in [-0.25, -0.2) is 0 Å². The van der Waals surface area contributed by atoms with Gasteiger partial charge in [-0.15, -0.1) is 13.2 Å². The van der Waals surface area contributed by atoms with Crippen molar-refractivity contribution < 1.29 is 17.9 Å². The molecule has 0 spiro atoms. The Bertz CT molecular complexity index is 594. The van der Waals surface area contributed by atoms with E-state index in [9.17, 15) is 13.2 Å². The minimum Gasteiger partial charge on any atom is -0.406 e. The normalized spacial score (nSPS) is 11.2. The van der Waals surface area contributed by atoms with E-state index in [2.05, 4.69) is 10.1 Å². The minimum atomic E-state index is -4.68. The van der Waals surface area contributed by atoms with Gasteiger partial charge in [-0.2, -0.15) is 0 Å². The molecule has 0 heterocycles. The number of hydrogen-bond acceptors (Lipinski definition) is 3. The van der Waals surface area contributed by atoms with E-state index in [-0.39, 0.29) is 5.75 Å². The monoisotopic (exact) mass is 282 g/mol. The first kappa shape index (κ1) is 14.0. The van der Waals surface area contributed by atoms with Crippen molar-refractivity contribution in [3.8, 4) is 5.75 Å². The summed E-state index contributed by atoms with van der Waals surface area (Å²) in [6.07, 6.45) is -4.68. The van der Waals surface area contributed by atoms with Crippen molar-refractivity contribution in [2.75, 3.05) is 11.1 Å². The van der Waals surface area contributed by atoms with Crippen LogP contribution in [0, 0.1) is 6.92 Å². The first-order chi connectivity index (χ1) is 9.33. The van der Waals surface area contributed by atoms with Crippen LogP contribution in [0.5, 0.6) is 5.75 Å². The fraction of sp³-hybridized carbons (Fsp3) is 0.143. The van der Waals surface area contributed by atoms with E-state index in [0.717, 1.165) is 11.3 Å². The van der Waals surface area contributed by atoms with E-state index in [1.165, 1.54) is 24.3 Å². The molecule has 0 radical (unpaired) electrons. The molecule has 0 saturated carbocycles. The number of ether oxygens (including phenoxy) is 1. The number of aryl methyl sites for hydroxylation is 1. The second-order valence-electron chi connectivity index (χ2n) is 4.27. The first-order valence-corrected chi connectivity index (χ1v) is 5.82. The Balaban J connectivity index is 2.13. The molecule has 3 nitrogen and oxygen atoms in total. The van der Waals surface area contributed by atoms with Gasteiger partial charge in [-0.3, -0.25) is 0 Å². The highest BCUT2D eigenvalue weighted by Gasteiger charge is 2.30. The number of nitrogens with one attached hydrogen (secondary N) is 1. The smallest absolute Gasteiger partial charge is 0.406 e. The highest BCUT2D eigenvalue weighted by molar-refractivity contribution is 5.67. The van der Waals surface area contributed by atoms with E-state index in [1.807, 2.05) is 13.0 Å². The summed E-state index contributed by atoms with van der Waals surface area (Å²) in [7, 11) is 0. The molecule has 3 N–H and O–H groups in total. The Morgan fingerprint density at radius 2 is 1.70 bits per heavy atom. The summed E-state index contributed by atoms with van der Waals surface area (Å²) >= 11 is 0. The molecule has 0 bridgehead atoms. The number of alkyl halides is 3. The third-order valence-electron chi connectivity index (χ3n) is 2.63. The van der Waals surface area contributed by atoms with Crippen LogP contribution in [0.15, 0.2) is 42.5 Å². The molecule has 20 heavy (non-hydrogen) atoms. The molecule has 106 valence electrons. The number of rotatable bonds is 3. The van der Waals surface area contributed by atoms with Crippen molar-refractivity contribution in [3.63, 3.8) is 0 Å². The molecule has 6 heteroatoms. The lowest BCUT2D eigenvalue weighted by molar-refractivity contribution is -0.274. The van der Waals surface area contributed by atoms with Crippen LogP contribution in [0.1, 0.15) is 5.56 Å². The lowest BCUT2D eigenvalue weighted by Gasteiger charge is -2.12. The number of anilines is 3.